The number of hydrogen-bond acceptors (Lipinski definition) is 5. The van der Waals surface area contributed by atoms with Crippen LogP contribution in [0, 0.1) is 0 Å². The molecule has 162 valence electrons. The van der Waals surface area contributed by atoms with Crippen molar-refractivity contribution in [2.45, 2.75) is 70.0 Å². The average molecular weight is 408 g/mol. The van der Waals surface area contributed by atoms with Crippen molar-refractivity contribution in [1.82, 2.24) is 19.6 Å². The lowest BCUT2D eigenvalue weighted by Crippen LogP contribution is -2.51. The molecule has 5 nitrogen and oxygen atoms in total. The second-order valence-corrected chi connectivity index (χ2v) is 9.18. The first-order valence-corrected chi connectivity index (χ1v) is 12.2. The Morgan fingerprint density at radius 3 is 1.93 bits per heavy atom. The Morgan fingerprint density at radius 2 is 1.30 bits per heavy atom. The predicted molar refractivity (Wildman–Crippen MR) is 124 cm³/mol. The molecular weight excluding hydrogens is 370 g/mol. The summed E-state index contributed by atoms with van der Waals surface area (Å²) in [4.78, 5) is 15.5. The van der Waals surface area contributed by atoms with Crippen molar-refractivity contribution in [3.05, 3.63) is 48.2 Å². The van der Waals surface area contributed by atoms with E-state index >= 15 is 0 Å². The van der Waals surface area contributed by atoms with E-state index in [1.165, 1.54) is 82.3 Å². The van der Waals surface area contributed by atoms with Crippen LogP contribution in [0.1, 0.15) is 57.8 Å². The summed E-state index contributed by atoms with van der Waals surface area (Å²) >= 11 is 0. The van der Waals surface area contributed by atoms with E-state index in [1.54, 1.807) is 0 Å². The van der Waals surface area contributed by atoms with E-state index in [9.17, 15) is 0 Å². The van der Waals surface area contributed by atoms with E-state index in [2.05, 4.69) is 62.6 Å². The number of rotatable bonds is 4. The molecule has 2 unspecified atom stereocenters. The summed E-state index contributed by atoms with van der Waals surface area (Å²) in [5.74, 6) is 0. The van der Waals surface area contributed by atoms with Crippen LogP contribution in [0.2, 0.25) is 0 Å². The zero-order valence-electron chi connectivity index (χ0n) is 18.3. The van der Waals surface area contributed by atoms with Gasteiger partial charge in [0.05, 0.1) is 11.4 Å². The van der Waals surface area contributed by atoms with E-state index in [0.29, 0.717) is 0 Å². The van der Waals surface area contributed by atoms with E-state index in [-0.39, 0.29) is 12.2 Å². The highest BCUT2D eigenvalue weighted by Gasteiger charge is 2.38. The Bertz CT molecular complexity index is 743. The summed E-state index contributed by atoms with van der Waals surface area (Å²) in [5, 5.41) is 0. The third-order valence-electron chi connectivity index (χ3n) is 7.06. The summed E-state index contributed by atoms with van der Waals surface area (Å²) in [5.41, 5.74) is 2.96. The summed E-state index contributed by atoms with van der Waals surface area (Å²) in [7, 11) is 0. The minimum Gasteiger partial charge on any atom is -0.371 e. The molecule has 5 heterocycles. The van der Waals surface area contributed by atoms with Crippen LogP contribution in [-0.4, -0.2) is 70.7 Å². The van der Waals surface area contributed by atoms with Gasteiger partial charge in [0.2, 0.25) is 0 Å². The second-order valence-electron chi connectivity index (χ2n) is 9.18. The SMILES string of the molecule is C1=CN(C2=C(N3CCCCC3)C(N3C=CCCC3)C=NC2N2C=CCCC2)CCC1. The monoisotopic (exact) mass is 407 g/mol. The fourth-order valence-electron chi connectivity index (χ4n) is 5.50. The van der Waals surface area contributed by atoms with Gasteiger partial charge in [-0.25, -0.2) is 0 Å². The van der Waals surface area contributed by atoms with Crippen molar-refractivity contribution in [2.75, 3.05) is 32.7 Å². The minimum absolute atomic E-state index is 0.103. The van der Waals surface area contributed by atoms with Gasteiger partial charge < -0.3 is 19.6 Å². The van der Waals surface area contributed by atoms with E-state index < -0.39 is 0 Å². The maximum atomic E-state index is 5.23. The van der Waals surface area contributed by atoms with E-state index in [4.69, 9.17) is 4.99 Å². The lowest BCUT2D eigenvalue weighted by molar-refractivity contribution is 0.192. The van der Waals surface area contributed by atoms with Gasteiger partial charge in [0.1, 0.15) is 6.04 Å². The van der Waals surface area contributed by atoms with Gasteiger partial charge in [-0.05, 0) is 76.4 Å². The molecule has 2 atom stereocenters. The van der Waals surface area contributed by atoms with Gasteiger partial charge in [-0.3, -0.25) is 4.99 Å². The molecule has 30 heavy (non-hydrogen) atoms. The topological polar surface area (TPSA) is 25.3 Å². The van der Waals surface area contributed by atoms with Crippen LogP contribution in [0.15, 0.2) is 53.2 Å². The summed E-state index contributed by atoms with van der Waals surface area (Å²) in [6, 6.07) is 0.259. The lowest BCUT2D eigenvalue weighted by Gasteiger charge is -2.47. The van der Waals surface area contributed by atoms with Gasteiger partial charge in [0.25, 0.3) is 0 Å². The quantitative estimate of drug-likeness (QED) is 0.694. The van der Waals surface area contributed by atoms with Crippen molar-refractivity contribution in [3.8, 4) is 0 Å². The number of aliphatic imine (C=N–C) groups is 1. The molecule has 0 amide bonds. The minimum atomic E-state index is 0.103. The summed E-state index contributed by atoms with van der Waals surface area (Å²) in [6.07, 6.45) is 27.6. The highest BCUT2D eigenvalue weighted by atomic mass is 15.3. The number of nitrogens with zero attached hydrogens (tertiary/aromatic N) is 5. The third-order valence-corrected chi connectivity index (χ3v) is 7.06. The van der Waals surface area contributed by atoms with Crippen LogP contribution >= 0.6 is 0 Å². The molecule has 0 aromatic rings. The van der Waals surface area contributed by atoms with E-state index in [0.717, 1.165) is 19.6 Å². The average Bonchev–Trinajstić information content (AvgIpc) is 2.85. The molecule has 0 N–H and O–H groups in total. The zero-order chi connectivity index (χ0) is 20.2. The van der Waals surface area contributed by atoms with Gasteiger partial charge in [0, 0.05) is 38.9 Å². The molecule has 5 aliphatic rings. The van der Waals surface area contributed by atoms with Gasteiger partial charge in [0.15, 0.2) is 6.17 Å². The molecule has 0 saturated carbocycles. The van der Waals surface area contributed by atoms with Gasteiger partial charge in [-0.1, -0.05) is 18.2 Å². The smallest absolute Gasteiger partial charge is 0.163 e. The molecule has 5 rings (SSSR count). The Morgan fingerprint density at radius 1 is 0.633 bits per heavy atom. The molecule has 0 spiro atoms. The van der Waals surface area contributed by atoms with Crippen LogP contribution in [0.5, 0.6) is 0 Å². The van der Waals surface area contributed by atoms with Gasteiger partial charge >= 0.3 is 0 Å². The van der Waals surface area contributed by atoms with Crippen molar-refractivity contribution in [3.63, 3.8) is 0 Å². The molecule has 0 aromatic carbocycles. The van der Waals surface area contributed by atoms with Crippen molar-refractivity contribution < 1.29 is 0 Å². The van der Waals surface area contributed by atoms with Crippen molar-refractivity contribution in [1.29, 1.82) is 0 Å². The van der Waals surface area contributed by atoms with Crippen LogP contribution in [-0.2, 0) is 0 Å². The van der Waals surface area contributed by atoms with Crippen molar-refractivity contribution in [2.24, 2.45) is 4.99 Å². The molecule has 0 aromatic heterocycles. The fourth-order valence-corrected chi connectivity index (χ4v) is 5.50. The molecule has 5 heteroatoms. The summed E-state index contributed by atoms with van der Waals surface area (Å²) in [6.45, 7) is 5.69. The molecule has 1 saturated heterocycles. The predicted octanol–water partition coefficient (Wildman–Crippen LogP) is 4.29. The molecule has 1 fully saturated rings. The number of allylic oxidation sites excluding steroid dienone is 3. The number of likely N-dealkylation sites (tertiary alicyclic amines) is 1. The zero-order valence-corrected chi connectivity index (χ0v) is 18.3. The third kappa shape index (κ3) is 4.03. The Hall–Kier alpha value is -2.17. The first-order valence-electron chi connectivity index (χ1n) is 12.2. The Labute approximate surface area is 182 Å². The second kappa shape index (κ2) is 9.32. The first-order chi connectivity index (χ1) is 14.9. The normalized spacial score (nSPS) is 29.9. The summed E-state index contributed by atoms with van der Waals surface area (Å²) < 4.78 is 0. The molecule has 0 aliphatic carbocycles. The van der Waals surface area contributed by atoms with Gasteiger partial charge in [-0.2, -0.15) is 0 Å². The molecule has 0 bridgehead atoms. The number of hydrogen-bond donors (Lipinski definition) is 0. The largest absolute Gasteiger partial charge is 0.371 e. The van der Waals surface area contributed by atoms with Crippen LogP contribution in [0.4, 0.5) is 0 Å². The Balaban J connectivity index is 1.59. The van der Waals surface area contributed by atoms with Crippen LogP contribution in [0.3, 0.4) is 0 Å². The van der Waals surface area contributed by atoms with Crippen molar-refractivity contribution >= 4 is 6.21 Å². The van der Waals surface area contributed by atoms with Crippen LogP contribution in [0.25, 0.3) is 0 Å². The first kappa shape index (κ1) is 19.8. The molecular formula is C25H37N5. The molecule has 5 aliphatic heterocycles. The lowest BCUT2D eigenvalue weighted by atomic mass is 9.98. The standard InChI is InChI=1S/C25H37N5/c1-5-13-27(14-6-1)22-21-26-25(30-19-11-4-12-20-30)24(29-17-9-3-10-18-29)23(22)28-15-7-2-8-16-28/h5,9,11,13,17,19,21-22,25H,1-4,6-8,10,12,14-16,18,20H2. The highest BCUT2D eigenvalue weighted by Crippen LogP contribution is 2.34. The maximum Gasteiger partial charge on any atom is 0.163 e. The van der Waals surface area contributed by atoms with E-state index in [1.807, 2.05) is 0 Å². The molecule has 0 radical (unpaired) electrons. The Kier molecular flexibility index (Phi) is 6.14. The van der Waals surface area contributed by atoms with Crippen LogP contribution < -0.4 is 0 Å². The fraction of sp³-hybridized carbons (Fsp3) is 0.640. The highest BCUT2D eigenvalue weighted by molar-refractivity contribution is 5.72. The number of piperidine rings is 1. The number of dihydropyridines is 1. The van der Waals surface area contributed by atoms with Gasteiger partial charge in [-0.15, -0.1) is 0 Å². The maximum absolute atomic E-state index is 5.23.